The molecule has 1 aromatic carbocycles. The van der Waals surface area contributed by atoms with Crippen molar-refractivity contribution < 1.29 is 4.74 Å². The molecule has 0 bridgehead atoms. The first-order chi connectivity index (χ1) is 25.3. The van der Waals surface area contributed by atoms with Crippen molar-refractivity contribution in [2.75, 3.05) is 4.90 Å². The molecule has 262 valence electrons. The van der Waals surface area contributed by atoms with Gasteiger partial charge in [0, 0.05) is 39.6 Å². The Kier molecular flexibility index (Phi) is 8.42. The molecule has 0 spiro atoms. The molecule has 3 nitrogen and oxygen atoms in total. The van der Waals surface area contributed by atoms with E-state index in [1.165, 1.54) is 102 Å². The molecule has 8 aliphatic rings. The predicted molar refractivity (Wildman–Crippen MR) is 213 cm³/mol. The molecule has 2 saturated carbocycles. The molecule has 10 rings (SSSR count). The monoisotopic (exact) mass is 674 g/mol. The fraction of sp³-hybridized carbons (Fsp3) is 0.458. The fourth-order valence-electron chi connectivity index (χ4n) is 11.3. The van der Waals surface area contributed by atoms with Crippen molar-refractivity contribution in [2.45, 2.75) is 127 Å². The number of anilines is 1. The molecule has 4 atom stereocenters. The van der Waals surface area contributed by atoms with Crippen LogP contribution >= 0.6 is 0 Å². The van der Waals surface area contributed by atoms with E-state index in [9.17, 15) is 0 Å². The summed E-state index contributed by atoms with van der Waals surface area (Å²) in [6, 6.07) is 8.78. The van der Waals surface area contributed by atoms with Gasteiger partial charge >= 0.3 is 0 Å². The first-order valence-corrected chi connectivity index (χ1v) is 20.6. The summed E-state index contributed by atoms with van der Waals surface area (Å²) in [7, 11) is 0. The van der Waals surface area contributed by atoms with Crippen molar-refractivity contribution in [2.24, 2.45) is 11.8 Å². The third-order valence-electron chi connectivity index (χ3n) is 13.7. The smallest absolute Gasteiger partial charge is 0.119 e. The molecule has 0 amide bonds. The second-order valence-corrected chi connectivity index (χ2v) is 16.5. The summed E-state index contributed by atoms with van der Waals surface area (Å²) in [5.41, 5.74) is 9.19. The standard InChI is InChI=1S/C48H54N2O/c1-3-12-33(13-4-1)35-22-26-37(27-23-35)49(38-28-24-36(25-29-38)34-14-5-2-6-15-34)44-19-11-20-45-48(44)41-17-7-9-18-43(41)50(45)39-30-31-47-42(32-39)40-16-8-10-21-46(40)51-47/h1-3,5,10-12,14,17-23,26,36-39,42,47H,4,6-9,13,15-16,24-25,27-32H2. The average molecular weight is 675 g/mol. The summed E-state index contributed by atoms with van der Waals surface area (Å²) in [5, 5.41) is 4.51. The lowest BCUT2D eigenvalue weighted by atomic mass is 9.78. The lowest BCUT2D eigenvalue weighted by Crippen LogP contribution is -2.45. The van der Waals surface area contributed by atoms with Gasteiger partial charge in [-0.25, -0.2) is 0 Å². The van der Waals surface area contributed by atoms with Gasteiger partial charge in [-0.1, -0.05) is 84.6 Å². The second kappa shape index (κ2) is 13.5. The van der Waals surface area contributed by atoms with Gasteiger partial charge in [0.1, 0.15) is 11.9 Å². The zero-order valence-corrected chi connectivity index (χ0v) is 30.3. The van der Waals surface area contributed by atoms with Crippen LogP contribution < -0.4 is 15.5 Å². The van der Waals surface area contributed by atoms with Crippen LogP contribution in [0.2, 0.25) is 0 Å². The van der Waals surface area contributed by atoms with Crippen LogP contribution in [0.25, 0.3) is 23.1 Å². The van der Waals surface area contributed by atoms with Crippen LogP contribution in [0.15, 0.2) is 113 Å². The van der Waals surface area contributed by atoms with Crippen molar-refractivity contribution in [1.29, 1.82) is 0 Å². The highest BCUT2D eigenvalue weighted by Crippen LogP contribution is 2.48. The highest BCUT2D eigenvalue weighted by molar-refractivity contribution is 5.95. The van der Waals surface area contributed by atoms with Crippen LogP contribution in [0, 0.1) is 11.8 Å². The van der Waals surface area contributed by atoms with E-state index in [1.54, 1.807) is 11.1 Å². The molecule has 7 aliphatic carbocycles. The first-order valence-electron chi connectivity index (χ1n) is 20.6. The maximum atomic E-state index is 6.55. The number of allylic oxidation sites excluding steroid dienone is 12. The SMILES string of the molecule is C1=CCCC(C2=CCC(N(c3cccc4c3c3c(n4C4CCC5OC6=C(CCC=C6)C5C4)=CCCC=3)C3CCC(C4=CC=CCC4)CC3)C=C2)=C1. The lowest BCUT2D eigenvalue weighted by Gasteiger charge is -2.43. The summed E-state index contributed by atoms with van der Waals surface area (Å²) >= 11 is 0. The Bertz CT molecular complexity index is 2080. The van der Waals surface area contributed by atoms with Gasteiger partial charge in [-0.2, -0.15) is 0 Å². The number of benzene rings is 1. The molecular weight excluding hydrogens is 621 g/mol. The zero-order valence-electron chi connectivity index (χ0n) is 30.3. The third-order valence-corrected chi connectivity index (χ3v) is 13.7. The van der Waals surface area contributed by atoms with E-state index in [0.717, 1.165) is 50.9 Å². The van der Waals surface area contributed by atoms with Gasteiger partial charge < -0.3 is 14.2 Å². The molecule has 1 aliphatic heterocycles. The van der Waals surface area contributed by atoms with E-state index in [1.807, 2.05) is 0 Å². The largest absolute Gasteiger partial charge is 0.490 e. The highest BCUT2D eigenvalue weighted by atomic mass is 16.5. The molecule has 4 unspecified atom stereocenters. The maximum absolute atomic E-state index is 6.55. The van der Waals surface area contributed by atoms with E-state index >= 15 is 0 Å². The minimum atomic E-state index is 0.375. The number of ether oxygens (including phenoxy) is 1. The summed E-state index contributed by atoms with van der Waals surface area (Å²) < 4.78 is 9.36. The quantitative estimate of drug-likeness (QED) is 0.303. The van der Waals surface area contributed by atoms with Crippen molar-refractivity contribution in [3.8, 4) is 0 Å². The molecule has 51 heavy (non-hydrogen) atoms. The molecule has 3 heteroatoms. The Hall–Kier alpha value is -3.98. The number of fused-ring (bicyclic) bond motifs is 5. The number of hydrogen-bond donors (Lipinski definition) is 0. The minimum Gasteiger partial charge on any atom is -0.490 e. The van der Waals surface area contributed by atoms with Crippen molar-refractivity contribution in [3.63, 3.8) is 0 Å². The molecule has 2 heterocycles. The number of hydrogen-bond acceptors (Lipinski definition) is 2. The van der Waals surface area contributed by atoms with Gasteiger partial charge in [-0.3, -0.25) is 0 Å². The van der Waals surface area contributed by atoms with E-state index in [2.05, 4.69) is 107 Å². The molecule has 2 fully saturated rings. The Balaban J connectivity index is 1.04. The van der Waals surface area contributed by atoms with Gasteiger partial charge in [0.15, 0.2) is 0 Å². The summed E-state index contributed by atoms with van der Waals surface area (Å²) in [6.07, 6.45) is 50.9. The number of aromatic nitrogens is 1. The summed E-state index contributed by atoms with van der Waals surface area (Å²) in [5.74, 6) is 2.52. The Labute approximate surface area is 304 Å². The average Bonchev–Trinajstić information content (AvgIpc) is 3.75. The Morgan fingerprint density at radius 3 is 2.45 bits per heavy atom. The molecular formula is C48H54N2O. The van der Waals surface area contributed by atoms with Gasteiger partial charge in [0.25, 0.3) is 0 Å². The predicted octanol–water partition coefficient (Wildman–Crippen LogP) is 10.5. The zero-order chi connectivity index (χ0) is 33.7. The van der Waals surface area contributed by atoms with Crippen molar-refractivity contribution >= 4 is 28.7 Å². The molecule has 1 aromatic heterocycles. The van der Waals surface area contributed by atoms with E-state index in [0.29, 0.717) is 30.1 Å². The molecule has 0 N–H and O–H groups in total. The van der Waals surface area contributed by atoms with Gasteiger partial charge in [0.2, 0.25) is 0 Å². The lowest BCUT2D eigenvalue weighted by molar-refractivity contribution is 0.0710. The molecule has 2 aromatic rings. The summed E-state index contributed by atoms with van der Waals surface area (Å²) in [6.45, 7) is 0. The maximum Gasteiger partial charge on any atom is 0.119 e. The van der Waals surface area contributed by atoms with Crippen LogP contribution in [-0.4, -0.2) is 22.8 Å². The van der Waals surface area contributed by atoms with Crippen LogP contribution in [0.1, 0.15) is 109 Å². The van der Waals surface area contributed by atoms with Crippen molar-refractivity contribution in [3.05, 3.63) is 124 Å². The normalized spacial score (nSPS) is 31.1. The van der Waals surface area contributed by atoms with Crippen LogP contribution in [-0.2, 0) is 4.74 Å². The number of nitrogens with zero attached hydrogens (tertiary/aromatic N) is 2. The van der Waals surface area contributed by atoms with Crippen molar-refractivity contribution in [1.82, 2.24) is 4.57 Å². The number of rotatable bonds is 6. The second-order valence-electron chi connectivity index (χ2n) is 16.5. The van der Waals surface area contributed by atoms with Crippen LogP contribution in [0.5, 0.6) is 0 Å². The molecule has 0 radical (unpaired) electrons. The van der Waals surface area contributed by atoms with Crippen LogP contribution in [0.4, 0.5) is 5.69 Å². The fourth-order valence-corrected chi connectivity index (χ4v) is 11.3. The summed E-state index contributed by atoms with van der Waals surface area (Å²) in [4.78, 5) is 2.92. The first kappa shape index (κ1) is 31.7. The Morgan fingerprint density at radius 2 is 1.63 bits per heavy atom. The van der Waals surface area contributed by atoms with E-state index in [4.69, 9.17) is 4.74 Å². The topological polar surface area (TPSA) is 17.4 Å². The molecule has 0 saturated heterocycles. The van der Waals surface area contributed by atoms with E-state index in [-0.39, 0.29) is 0 Å². The van der Waals surface area contributed by atoms with Gasteiger partial charge in [-0.05, 0) is 144 Å². The highest BCUT2D eigenvalue weighted by Gasteiger charge is 2.42. The van der Waals surface area contributed by atoms with Gasteiger partial charge in [0.05, 0.1) is 11.6 Å². The van der Waals surface area contributed by atoms with Crippen LogP contribution in [0.3, 0.4) is 0 Å². The van der Waals surface area contributed by atoms with E-state index < -0.39 is 0 Å². The minimum absolute atomic E-state index is 0.375. The Morgan fingerprint density at radius 1 is 0.765 bits per heavy atom. The third kappa shape index (κ3) is 5.71. The van der Waals surface area contributed by atoms with Gasteiger partial charge in [-0.15, -0.1) is 0 Å².